The van der Waals surface area contributed by atoms with Gasteiger partial charge in [0.15, 0.2) is 0 Å². The summed E-state index contributed by atoms with van der Waals surface area (Å²) in [5.74, 6) is -0.871. The van der Waals surface area contributed by atoms with Crippen LogP contribution in [0.15, 0.2) is 41.5 Å². The molecule has 0 unspecified atom stereocenters. The number of nitrogens with two attached hydrogens (primary N) is 1. The van der Waals surface area contributed by atoms with Crippen LogP contribution in [0, 0.1) is 5.82 Å². The van der Waals surface area contributed by atoms with Gasteiger partial charge in [0.25, 0.3) is 0 Å². The Morgan fingerprint density at radius 1 is 1.03 bits per heavy atom. The number of methoxy groups -OCH3 is 1. The van der Waals surface area contributed by atoms with Crippen LogP contribution >= 0.6 is 0 Å². The van der Waals surface area contributed by atoms with Crippen LogP contribution in [-0.4, -0.2) is 41.4 Å². The number of carbonyl (C=O) groups is 2. The lowest BCUT2D eigenvalue weighted by Gasteiger charge is -2.27. The number of carbonyl (C=O) groups excluding carboxylic acids is 2. The van der Waals surface area contributed by atoms with E-state index in [0.29, 0.717) is 21.9 Å². The predicted molar refractivity (Wildman–Crippen MR) is 123 cm³/mol. The minimum atomic E-state index is -1.04. The van der Waals surface area contributed by atoms with Crippen molar-refractivity contribution in [2.75, 3.05) is 12.0 Å². The molecule has 0 aliphatic rings. The summed E-state index contributed by atoms with van der Waals surface area (Å²) < 4.78 is 30.6. The number of benzene rings is 1. The van der Waals surface area contributed by atoms with E-state index in [1.54, 1.807) is 53.7 Å². The van der Waals surface area contributed by atoms with Gasteiger partial charge in [0, 0.05) is 17.8 Å². The minimum absolute atomic E-state index is 0.281. The summed E-state index contributed by atoms with van der Waals surface area (Å²) in [5.41, 5.74) is 4.83. The Labute approximate surface area is 192 Å². The summed E-state index contributed by atoms with van der Waals surface area (Å²) in [6.45, 7) is 9.84. The van der Waals surface area contributed by atoms with Gasteiger partial charge in [0.2, 0.25) is 5.96 Å². The number of pyridine rings is 1. The molecule has 0 bridgehead atoms. The summed E-state index contributed by atoms with van der Waals surface area (Å²) in [6, 6.07) is 7.27. The minimum Gasteiger partial charge on any atom is -0.497 e. The molecule has 0 saturated heterocycles. The maximum Gasteiger partial charge on any atom is 0.437 e. The number of halogens is 1. The van der Waals surface area contributed by atoms with Crippen molar-refractivity contribution in [2.24, 2.45) is 10.7 Å². The number of aliphatic imine (C=N–C) groups is 1. The molecule has 2 amide bonds. The van der Waals surface area contributed by atoms with E-state index < -0.39 is 35.2 Å². The summed E-state index contributed by atoms with van der Waals surface area (Å²) in [5, 5.41) is 0. The summed E-state index contributed by atoms with van der Waals surface area (Å²) in [6.07, 6.45) is -0.539. The number of anilines is 1. The van der Waals surface area contributed by atoms with E-state index in [0.717, 1.165) is 6.07 Å². The Kier molecular flexibility index (Phi) is 7.63. The molecule has 0 atom stereocenters. The summed E-state index contributed by atoms with van der Waals surface area (Å²) in [4.78, 5) is 33.7. The van der Waals surface area contributed by atoms with Crippen LogP contribution in [0.5, 0.6) is 5.75 Å². The highest BCUT2D eigenvalue weighted by Crippen LogP contribution is 2.29. The SMILES string of the molecule is COc1ccnc(-c2ccc(F)c(N(C(=O)OC(C)(C)C)C(N)=NC(=O)OC(C)(C)C)c2)c1. The van der Waals surface area contributed by atoms with Crippen molar-refractivity contribution in [2.45, 2.75) is 52.7 Å². The van der Waals surface area contributed by atoms with Gasteiger partial charge in [-0.05, 0) is 65.8 Å². The molecule has 33 heavy (non-hydrogen) atoms. The number of rotatable bonds is 3. The Morgan fingerprint density at radius 2 is 1.67 bits per heavy atom. The molecule has 0 radical (unpaired) electrons. The lowest BCUT2D eigenvalue weighted by molar-refractivity contribution is 0.0600. The average Bonchev–Trinajstić information content (AvgIpc) is 2.66. The van der Waals surface area contributed by atoms with Crippen molar-refractivity contribution >= 4 is 23.8 Å². The second-order valence-electron chi connectivity index (χ2n) is 9.01. The topological polar surface area (TPSA) is 116 Å². The van der Waals surface area contributed by atoms with Crippen molar-refractivity contribution in [1.29, 1.82) is 0 Å². The molecule has 9 nitrogen and oxygen atoms in total. The molecule has 2 aromatic rings. The first-order valence-electron chi connectivity index (χ1n) is 10.1. The monoisotopic (exact) mass is 460 g/mol. The van der Waals surface area contributed by atoms with Gasteiger partial charge >= 0.3 is 12.2 Å². The molecule has 1 aromatic carbocycles. The third kappa shape index (κ3) is 7.44. The Bertz CT molecular complexity index is 1060. The van der Waals surface area contributed by atoms with Crippen LogP contribution in [0.4, 0.5) is 19.7 Å². The molecular formula is C23H29FN4O5. The second-order valence-corrected chi connectivity index (χ2v) is 9.01. The van der Waals surface area contributed by atoms with E-state index in [-0.39, 0.29) is 5.69 Å². The Morgan fingerprint density at radius 3 is 2.24 bits per heavy atom. The number of nitrogens with zero attached hydrogens (tertiary/aromatic N) is 3. The van der Waals surface area contributed by atoms with Crippen LogP contribution < -0.4 is 15.4 Å². The van der Waals surface area contributed by atoms with E-state index in [9.17, 15) is 14.0 Å². The number of aromatic nitrogens is 1. The summed E-state index contributed by atoms with van der Waals surface area (Å²) >= 11 is 0. The van der Waals surface area contributed by atoms with Gasteiger partial charge in [-0.15, -0.1) is 4.99 Å². The fourth-order valence-corrected chi connectivity index (χ4v) is 2.59. The van der Waals surface area contributed by atoms with Gasteiger partial charge < -0.3 is 19.9 Å². The maximum absolute atomic E-state index is 14.9. The molecule has 0 spiro atoms. The van der Waals surface area contributed by atoms with Gasteiger partial charge in [-0.1, -0.05) is 0 Å². The van der Waals surface area contributed by atoms with Gasteiger partial charge in [0.1, 0.15) is 22.8 Å². The number of amides is 2. The molecule has 0 aliphatic carbocycles. The molecule has 2 N–H and O–H groups in total. The zero-order valence-electron chi connectivity index (χ0n) is 19.8. The van der Waals surface area contributed by atoms with Gasteiger partial charge in [0.05, 0.1) is 18.5 Å². The third-order valence-corrected chi connectivity index (χ3v) is 3.85. The molecule has 0 fully saturated rings. The van der Waals surface area contributed by atoms with Crippen LogP contribution in [0.1, 0.15) is 41.5 Å². The van der Waals surface area contributed by atoms with Crippen molar-refractivity contribution in [3.8, 4) is 17.0 Å². The molecule has 0 saturated carbocycles. The third-order valence-electron chi connectivity index (χ3n) is 3.85. The smallest absolute Gasteiger partial charge is 0.437 e. The quantitative estimate of drug-likeness (QED) is 0.512. The van der Waals surface area contributed by atoms with Crippen molar-refractivity contribution in [3.05, 3.63) is 42.3 Å². The number of guanidine groups is 1. The van der Waals surface area contributed by atoms with E-state index in [2.05, 4.69) is 9.98 Å². The van der Waals surface area contributed by atoms with Crippen LogP contribution in [-0.2, 0) is 9.47 Å². The number of ether oxygens (including phenoxy) is 3. The van der Waals surface area contributed by atoms with Crippen LogP contribution in [0.25, 0.3) is 11.3 Å². The van der Waals surface area contributed by atoms with Crippen molar-refractivity contribution in [1.82, 2.24) is 4.98 Å². The van der Waals surface area contributed by atoms with Crippen molar-refractivity contribution in [3.63, 3.8) is 0 Å². The molecule has 178 valence electrons. The van der Waals surface area contributed by atoms with Crippen LogP contribution in [0.2, 0.25) is 0 Å². The zero-order valence-corrected chi connectivity index (χ0v) is 19.8. The predicted octanol–water partition coefficient (Wildman–Crippen LogP) is 4.89. The van der Waals surface area contributed by atoms with Gasteiger partial charge in [-0.3, -0.25) is 4.98 Å². The summed E-state index contributed by atoms with van der Waals surface area (Å²) in [7, 11) is 1.51. The number of hydrogen-bond donors (Lipinski definition) is 1. The molecule has 10 heteroatoms. The molecular weight excluding hydrogens is 431 g/mol. The van der Waals surface area contributed by atoms with E-state index in [1.807, 2.05) is 0 Å². The standard InChI is InChI=1S/C23H29FN4O5/c1-22(2,3)32-20(29)27-19(25)28(21(30)33-23(4,5)6)18-12-14(8-9-16(18)24)17-13-15(31-7)10-11-26-17/h8-13H,1-7H3,(H2,25,27,29). The average molecular weight is 461 g/mol. The molecule has 1 aromatic heterocycles. The largest absolute Gasteiger partial charge is 0.497 e. The Hall–Kier alpha value is -3.69. The van der Waals surface area contributed by atoms with E-state index in [4.69, 9.17) is 19.9 Å². The fraction of sp³-hybridized carbons (Fsp3) is 0.391. The van der Waals surface area contributed by atoms with Crippen LogP contribution in [0.3, 0.4) is 0 Å². The van der Waals surface area contributed by atoms with Gasteiger partial charge in [-0.25, -0.2) is 18.9 Å². The maximum atomic E-state index is 14.9. The first-order chi connectivity index (χ1) is 15.2. The Balaban J connectivity index is 2.58. The number of hydrogen-bond acceptors (Lipinski definition) is 6. The lowest BCUT2D eigenvalue weighted by atomic mass is 10.1. The lowest BCUT2D eigenvalue weighted by Crippen LogP contribution is -2.46. The molecule has 0 aliphatic heterocycles. The first-order valence-corrected chi connectivity index (χ1v) is 10.1. The molecule has 2 rings (SSSR count). The van der Waals surface area contributed by atoms with E-state index >= 15 is 0 Å². The fourth-order valence-electron chi connectivity index (χ4n) is 2.59. The van der Waals surface area contributed by atoms with Gasteiger partial charge in [-0.2, -0.15) is 0 Å². The highest BCUT2D eigenvalue weighted by Gasteiger charge is 2.30. The van der Waals surface area contributed by atoms with Crippen molar-refractivity contribution < 1.29 is 28.2 Å². The zero-order chi connectivity index (χ0) is 25.0. The second kappa shape index (κ2) is 9.85. The van der Waals surface area contributed by atoms with E-state index in [1.165, 1.54) is 25.4 Å². The highest BCUT2D eigenvalue weighted by atomic mass is 19.1. The molecule has 1 heterocycles. The first kappa shape index (κ1) is 25.6. The highest BCUT2D eigenvalue weighted by molar-refractivity contribution is 6.15. The normalized spacial score (nSPS) is 12.2.